The molecule has 0 saturated heterocycles. The summed E-state index contributed by atoms with van der Waals surface area (Å²) in [6.45, 7) is 5.06. The van der Waals surface area contributed by atoms with E-state index in [1.165, 1.54) is 0 Å². The number of rotatable bonds is 8. The number of primary amides is 1. The van der Waals surface area contributed by atoms with Crippen LogP contribution >= 0.6 is 23.2 Å². The van der Waals surface area contributed by atoms with Crippen LogP contribution in [0.1, 0.15) is 19.4 Å². The first kappa shape index (κ1) is 19.7. The SMILES string of the molecule is CCOCCn1c(=O)c(CNC(C)C(N)=O)cc2c(Cl)cc(Cl)cc21. The Morgan fingerprint density at radius 1 is 1.36 bits per heavy atom. The van der Waals surface area contributed by atoms with E-state index >= 15 is 0 Å². The number of benzene rings is 1. The van der Waals surface area contributed by atoms with Crippen LogP contribution in [0.25, 0.3) is 10.9 Å². The average Bonchev–Trinajstić information content (AvgIpc) is 2.55. The van der Waals surface area contributed by atoms with Crippen molar-refractivity contribution in [3.05, 3.63) is 44.2 Å². The van der Waals surface area contributed by atoms with Crippen molar-refractivity contribution in [2.45, 2.75) is 33.0 Å². The van der Waals surface area contributed by atoms with Gasteiger partial charge >= 0.3 is 0 Å². The topological polar surface area (TPSA) is 86.3 Å². The lowest BCUT2D eigenvalue weighted by Gasteiger charge is -2.16. The minimum atomic E-state index is -0.548. The molecule has 1 amide bonds. The molecule has 0 saturated carbocycles. The highest BCUT2D eigenvalue weighted by atomic mass is 35.5. The molecule has 0 radical (unpaired) electrons. The van der Waals surface area contributed by atoms with Crippen LogP contribution in [-0.4, -0.2) is 29.7 Å². The summed E-state index contributed by atoms with van der Waals surface area (Å²) in [5.41, 5.74) is 6.19. The van der Waals surface area contributed by atoms with Gasteiger partial charge in [-0.1, -0.05) is 23.2 Å². The van der Waals surface area contributed by atoms with Crippen molar-refractivity contribution in [3.8, 4) is 0 Å². The molecule has 8 heteroatoms. The second-order valence-electron chi connectivity index (χ2n) is 5.65. The number of amides is 1. The van der Waals surface area contributed by atoms with Crippen molar-refractivity contribution in [1.29, 1.82) is 0 Å². The molecule has 2 rings (SSSR count). The van der Waals surface area contributed by atoms with Crippen molar-refractivity contribution < 1.29 is 9.53 Å². The first-order valence-electron chi connectivity index (χ1n) is 7.97. The Hall–Kier alpha value is -1.60. The third-order valence-corrected chi connectivity index (χ3v) is 4.42. The quantitative estimate of drug-likeness (QED) is 0.682. The molecule has 1 atom stereocenters. The highest BCUT2D eigenvalue weighted by Gasteiger charge is 2.14. The number of halogens is 2. The van der Waals surface area contributed by atoms with Gasteiger partial charge < -0.3 is 20.4 Å². The number of carbonyl (C=O) groups is 1. The molecular formula is C17H21Cl2N3O3. The Morgan fingerprint density at radius 3 is 2.72 bits per heavy atom. The Labute approximate surface area is 155 Å². The molecule has 3 N–H and O–H groups in total. The van der Waals surface area contributed by atoms with E-state index in [0.29, 0.717) is 46.3 Å². The van der Waals surface area contributed by atoms with Crippen molar-refractivity contribution in [1.82, 2.24) is 9.88 Å². The van der Waals surface area contributed by atoms with E-state index in [0.717, 1.165) is 0 Å². The number of nitrogens with one attached hydrogen (secondary N) is 1. The summed E-state index contributed by atoms with van der Waals surface area (Å²) in [5, 5.41) is 4.56. The lowest BCUT2D eigenvalue weighted by molar-refractivity contribution is -0.119. The number of carbonyl (C=O) groups excluding carboxylic acids is 1. The molecule has 0 aliphatic carbocycles. The predicted octanol–water partition coefficient (Wildman–Crippen LogP) is 2.31. The van der Waals surface area contributed by atoms with E-state index in [4.69, 9.17) is 33.7 Å². The third kappa shape index (κ3) is 4.73. The van der Waals surface area contributed by atoms with Crippen LogP contribution in [0.15, 0.2) is 23.0 Å². The van der Waals surface area contributed by atoms with Gasteiger partial charge in [0.2, 0.25) is 5.91 Å². The average molecular weight is 386 g/mol. The van der Waals surface area contributed by atoms with Crippen LogP contribution in [0.3, 0.4) is 0 Å². The van der Waals surface area contributed by atoms with Crippen LogP contribution < -0.4 is 16.6 Å². The van der Waals surface area contributed by atoms with Crippen LogP contribution in [0.2, 0.25) is 10.0 Å². The highest BCUT2D eigenvalue weighted by Crippen LogP contribution is 2.27. The fourth-order valence-corrected chi connectivity index (χ4v) is 3.01. The molecular weight excluding hydrogens is 365 g/mol. The molecule has 1 aromatic carbocycles. The second kappa shape index (κ2) is 8.67. The van der Waals surface area contributed by atoms with Gasteiger partial charge in [0.25, 0.3) is 5.56 Å². The molecule has 25 heavy (non-hydrogen) atoms. The fraction of sp³-hybridized carbons (Fsp3) is 0.412. The van der Waals surface area contributed by atoms with Gasteiger partial charge in [0, 0.05) is 35.7 Å². The normalized spacial score (nSPS) is 12.5. The molecule has 0 aliphatic rings. The largest absolute Gasteiger partial charge is 0.380 e. The van der Waals surface area contributed by atoms with E-state index in [2.05, 4.69) is 5.32 Å². The van der Waals surface area contributed by atoms with Gasteiger partial charge in [-0.2, -0.15) is 0 Å². The zero-order valence-corrected chi connectivity index (χ0v) is 15.7. The smallest absolute Gasteiger partial charge is 0.255 e. The zero-order valence-electron chi connectivity index (χ0n) is 14.1. The maximum absolute atomic E-state index is 12.8. The lowest BCUT2D eigenvalue weighted by Crippen LogP contribution is -2.39. The number of ether oxygens (including phenoxy) is 1. The fourth-order valence-electron chi connectivity index (χ4n) is 2.47. The summed E-state index contributed by atoms with van der Waals surface area (Å²) in [4.78, 5) is 24.0. The molecule has 6 nitrogen and oxygen atoms in total. The van der Waals surface area contributed by atoms with Crippen LogP contribution in [0.4, 0.5) is 0 Å². The van der Waals surface area contributed by atoms with E-state index in [1.807, 2.05) is 6.92 Å². The Kier molecular flexibility index (Phi) is 6.84. The molecule has 1 heterocycles. The van der Waals surface area contributed by atoms with Crippen LogP contribution in [0, 0.1) is 0 Å². The van der Waals surface area contributed by atoms with E-state index in [9.17, 15) is 9.59 Å². The third-order valence-electron chi connectivity index (χ3n) is 3.89. The maximum atomic E-state index is 12.8. The van der Waals surface area contributed by atoms with Crippen molar-refractivity contribution in [3.63, 3.8) is 0 Å². The second-order valence-corrected chi connectivity index (χ2v) is 6.49. The number of nitrogens with zero attached hydrogens (tertiary/aromatic N) is 1. The molecule has 136 valence electrons. The molecule has 0 aliphatic heterocycles. The predicted molar refractivity (Wildman–Crippen MR) is 100 cm³/mol. The Bertz CT molecular complexity index is 836. The van der Waals surface area contributed by atoms with Gasteiger partial charge in [0.05, 0.1) is 23.2 Å². The number of hydrogen-bond donors (Lipinski definition) is 2. The number of hydrogen-bond acceptors (Lipinski definition) is 4. The zero-order chi connectivity index (χ0) is 18.6. The number of fused-ring (bicyclic) bond motifs is 1. The lowest BCUT2D eigenvalue weighted by atomic mass is 10.1. The maximum Gasteiger partial charge on any atom is 0.255 e. The first-order chi connectivity index (χ1) is 11.8. The summed E-state index contributed by atoms with van der Waals surface area (Å²) < 4.78 is 6.96. The summed E-state index contributed by atoms with van der Waals surface area (Å²) in [6, 6.07) is 4.51. The molecule has 0 fully saturated rings. The molecule has 2 aromatic rings. The molecule has 0 spiro atoms. The standard InChI is InChI=1S/C17H21Cl2N3O3/c1-3-25-5-4-22-15-8-12(18)7-14(19)13(15)6-11(17(22)24)9-21-10(2)16(20)23/h6-8,10,21H,3-5,9H2,1-2H3,(H2,20,23). The van der Waals surface area contributed by atoms with E-state index < -0.39 is 11.9 Å². The van der Waals surface area contributed by atoms with Crippen molar-refractivity contribution in [2.24, 2.45) is 5.73 Å². The van der Waals surface area contributed by atoms with Gasteiger partial charge in [-0.3, -0.25) is 9.59 Å². The van der Waals surface area contributed by atoms with Gasteiger partial charge in [0.1, 0.15) is 0 Å². The van der Waals surface area contributed by atoms with Gasteiger partial charge in [-0.05, 0) is 32.0 Å². The first-order valence-corrected chi connectivity index (χ1v) is 8.72. The molecule has 0 bridgehead atoms. The minimum absolute atomic E-state index is 0.185. The summed E-state index contributed by atoms with van der Waals surface area (Å²) in [7, 11) is 0. The van der Waals surface area contributed by atoms with Crippen LogP contribution in [0.5, 0.6) is 0 Å². The van der Waals surface area contributed by atoms with E-state index in [-0.39, 0.29) is 12.1 Å². The Morgan fingerprint density at radius 2 is 2.08 bits per heavy atom. The van der Waals surface area contributed by atoms with E-state index in [1.54, 1.807) is 29.7 Å². The number of aromatic nitrogens is 1. The number of pyridine rings is 1. The van der Waals surface area contributed by atoms with Crippen molar-refractivity contribution in [2.75, 3.05) is 13.2 Å². The molecule has 1 aromatic heterocycles. The number of nitrogens with two attached hydrogens (primary N) is 1. The summed E-state index contributed by atoms with van der Waals surface area (Å²) in [6.07, 6.45) is 0. The van der Waals surface area contributed by atoms with Gasteiger partial charge in [0.15, 0.2) is 0 Å². The summed E-state index contributed by atoms with van der Waals surface area (Å²) >= 11 is 12.4. The minimum Gasteiger partial charge on any atom is -0.380 e. The summed E-state index contributed by atoms with van der Waals surface area (Å²) in [5.74, 6) is -0.484. The monoisotopic (exact) mass is 385 g/mol. The van der Waals surface area contributed by atoms with Gasteiger partial charge in [-0.15, -0.1) is 0 Å². The Balaban J connectivity index is 2.50. The highest BCUT2D eigenvalue weighted by molar-refractivity contribution is 6.38. The van der Waals surface area contributed by atoms with Crippen LogP contribution in [-0.2, 0) is 22.6 Å². The van der Waals surface area contributed by atoms with Gasteiger partial charge in [-0.25, -0.2) is 0 Å². The van der Waals surface area contributed by atoms with Crippen molar-refractivity contribution >= 4 is 40.0 Å². The molecule has 1 unspecified atom stereocenters.